The number of hydrogen-bond donors (Lipinski definition) is 1. The average Bonchev–Trinajstić information content (AvgIpc) is 2.98. The van der Waals surface area contributed by atoms with Crippen molar-refractivity contribution in [3.63, 3.8) is 0 Å². The molecule has 4 heteroatoms. The van der Waals surface area contributed by atoms with E-state index in [1.54, 1.807) is 23.1 Å². The molecule has 84 valence electrons. The monoisotopic (exact) mass is 219 g/mol. The van der Waals surface area contributed by atoms with E-state index in [9.17, 15) is 9.90 Å². The van der Waals surface area contributed by atoms with Crippen molar-refractivity contribution in [1.82, 2.24) is 0 Å². The van der Waals surface area contributed by atoms with Crippen LogP contribution in [-0.2, 0) is 4.74 Å². The summed E-state index contributed by atoms with van der Waals surface area (Å²) in [5.41, 5.74) is 0.686. The van der Waals surface area contributed by atoms with E-state index < -0.39 is 0 Å². The number of anilines is 1. The second-order valence-electron chi connectivity index (χ2n) is 4.44. The molecular formula is C12H13NO3. The lowest BCUT2D eigenvalue weighted by Crippen LogP contribution is -2.47. The lowest BCUT2D eigenvalue weighted by Gasteiger charge is -2.35. The van der Waals surface area contributed by atoms with Crippen LogP contribution in [-0.4, -0.2) is 23.3 Å². The second kappa shape index (κ2) is 3.14. The number of carbonyl (C=O) groups is 1. The summed E-state index contributed by atoms with van der Waals surface area (Å²) in [6.45, 7) is 0.508. The van der Waals surface area contributed by atoms with E-state index in [4.69, 9.17) is 4.74 Å². The zero-order valence-corrected chi connectivity index (χ0v) is 8.85. The van der Waals surface area contributed by atoms with Crippen molar-refractivity contribution in [3.8, 4) is 5.75 Å². The topological polar surface area (TPSA) is 49.8 Å². The first-order valence-electron chi connectivity index (χ1n) is 5.47. The molecule has 0 unspecified atom stereocenters. The Bertz CT molecular complexity index is 440. The van der Waals surface area contributed by atoms with Gasteiger partial charge in [-0.05, 0) is 25.0 Å². The summed E-state index contributed by atoms with van der Waals surface area (Å²) in [6.07, 6.45) is 2.64. The number of cyclic esters (lactones) is 1. The Morgan fingerprint density at radius 3 is 2.81 bits per heavy atom. The molecule has 1 saturated heterocycles. The molecule has 0 atom stereocenters. The highest BCUT2D eigenvalue weighted by Gasteiger charge is 2.53. The molecule has 1 spiro atoms. The Hall–Kier alpha value is -1.71. The maximum atomic E-state index is 11.8. The van der Waals surface area contributed by atoms with Crippen LogP contribution in [0.3, 0.4) is 0 Å². The number of amides is 1. The number of hydrogen-bond acceptors (Lipinski definition) is 3. The maximum Gasteiger partial charge on any atom is 0.414 e. The number of carbonyl (C=O) groups excluding carboxylic acids is 1. The Labute approximate surface area is 93.4 Å². The van der Waals surface area contributed by atoms with Crippen LogP contribution in [0.1, 0.15) is 19.3 Å². The van der Waals surface area contributed by atoms with E-state index in [1.807, 2.05) is 6.07 Å². The molecule has 1 saturated carbocycles. The lowest BCUT2D eigenvalue weighted by molar-refractivity contribution is 0.126. The molecule has 2 aliphatic rings. The molecule has 0 aromatic heterocycles. The fourth-order valence-corrected chi connectivity index (χ4v) is 2.33. The smallest absolute Gasteiger partial charge is 0.414 e. The summed E-state index contributed by atoms with van der Waals surface area (Å²) in [7, 11) is 0. The number of benzene rings is 1. The molecule has 0 radical (unpaired) electrons. The van der Waals surface area contributed by atoms with Crippen LogP contribution in [0.5, 0.6) is 5.75 Å². The number of rotatable bonds is 1. The van der Waals surface area contributed by atoms with Crippen LogP contribution >= 0.6 is 0 Å². The first kappa shape index (κ1) is 9.51. The van der Waals surface area contributed by atoms with Crippen molar-refractivity contribution in [3.05, 3.63) is 24.3 Å². The summed E-state index contributed by atoms with van der Waals surface area (Å²) in [4.78, 5) is 13.5. The van der Waals surface area contributed by atoms with Crippen molar-refractivity contribution in [2.75, 3.05) is 11.5 Å². The first-order valence-corrected chi connectivity index (χ1v) is 5.47. The van der Waals surface area contributed by atoms with Crippen LogP contribution in [0.4, 0.5) is 10.5 Å². The van der Waals surface area contributed by atoms with Gasteiger partial charge in [-0.3, -0.25) is 4.90 Å². The molecule has 1 aliphatic carbocycles. The van der Waals surface area contributed by atoms with E-state index in [-0.39, 0.29) is 17.4 Å². The third-order valence-corrected chi connectivity index (χ3v) is 3.36. The summed E-state index contributed by atoms with van der Waals surface area (Å²) >= 11 is 0. The number of nitrogens with zero attached hydrogens (tertiary/aromatic N) is 1. The standard InChI is InChI=1S/C12H13NO3/c14-10-3-1-2-9(8-10)13-11(15)16-7-6-12(13)4-5-12/h1-3,8,14H,4-7H2. The van der Waals surface area contributed by atoms with Crippen LogP contribution in [0.25, 0.3) is 0 Å². The van der Waals surface area contributed by atoms with Gasteiger partial charge in [-0.2, -0.15) is 0 Å². The maximum absolute atomic E-state index is 11.8. The molecule has 1 aromatic carbocycles. The minimum atomic E-state index is -0.297. The van der Waals surface area contributed by atoms with Gasteiger partial charge in [0.25, 0.3) is 0 Å². The quantitative estimate of drug-likeness (QED) is 0.788. The largest absolute Gasteiger partial charge is 0.508 e. The van der Waals surface area contributed by atoms with Gasteiger partial charge in [0.15, 0.2) is 0 Å². The summed E-state index contributed by atoms with van der Waals surface area (Å²) in [5, 5.41) is 9.44. The summed E-state index contributed by atoms with van der Waals surface area (Å²) in [6, 6.07) is 6.76. The minimum absolute atomic E-state index is 0.0386. The highest BCUT2D eigenvalue weighted by molar-refractivity contribution is 5.91. The van der Waals surface area contributed by atoms with E-state index in [1.165, 1.54) is 0 Å². The molecule has 1 amide bonds. The van der Waals surface area contributed by atoms with E-state index in [2.05, 4.69) is 0 Å². The van der Waals surface area contributed by atoms with Gasteiger partial charge in [0.1, 0.15) is 5.75 Å². The van der Waals surface area contributed by atoms with Gasteiger partial charge in [0.05, 0.1) is 17.8 Å². The van der Waals surface area contributed by atoms with Crippen LogP contribution in [0, 0.1) is 0 Å². The molecule has 0 bridgehead atoms. The Balaban J connectivity index is 2.00. The molecule has 1 N–H and O–H groups in total. The number of ether oxygens (including phenoxy) is 1. The van der Waals surface area contributed by atoms with Gasteiger partial charge < -0.3 is 9.84 Å². The molecule has 2 fully saturated rings. The highest BCUT2D eigenvalue weighted by Crippen LogP contribution is 2.49. The van der Waals surface area contributed by atoms with Gasteiger partial charge in [0, 0.05) is 12.5 Å². The van der Waals surface area contributed by atoms with Crippen molar-refractivity contribution < 1.29 is 14.6 Å². The summed E-state index contributed by atoms with van der Waals surface area (Å²) in [5.74, 6) is 0.173. The number of phenolic OH excluding ortho intramolecular Hbond substituents is 1. The second-order valence-corrected chi connectivity index (χ2v) is 4.44. The Morgan fingerprint density at radius 2 is 2.12 bits per heavy atom. The third kappa shape index (κ3) is 1.33. The lowest BCUT2D eigenvalue weighted by atomic mass is 10.1. The van der Waals surface area contributed by atoms with Crippen molar-refractivity contribution in [2.24, 2.45) is 0 Å². The molecule has 1 aliphatic heterocycles. The molecule has 1 heterocycles. The van der Waals surface area contributed by atoms with Gasteiger partial charge in [-0.25, -0.2) is 4.79 Å². The van der Waals surface area contributed by atoms with Crippen LogP contribution < -0.4 is 4.90 Å². The van der Waals surface area contributed by atoms with Crippen LogP contribution in [0.2, 0.25) is 0 Å². The molecular weight excluding hydrogens is 206 g/mol. The predicted molar refractivity (Wildman–Crippen MR) is 58.5 cm³/mol. The zero-order chi connectivity index (χ0) is 11.2. The van der Waals surface area contributed by atoms with Crippen LogP contribution in [0.15, 0.2) is 24.3 Å². The Kier molecular flexibility index (Phi) is 1.87. The van der Waals surface area contributed by atoms with Gasteiger partial charge in [0.2, 0.25) is 0 Å². The average molecular weight is 219 g/mol. The van der Waals surface area contributed by atoms with Crippen molar-refractivity contribution in [1.29, 1.82) is 0 Å². The highest BCUT2D eigenvalue weighted by atomic mass is 16.6. The summed E-state index contributed by atoms with van der Waals surface area (Å²) < 4.78 is 5.07. The van der Waals surface area contributed by atoms with E-state index in [0.717, 1.165) is 24.9 Å². The van der Waals surface area contributed by atoms with Gasteiger partial charge in [-0.1, -0.05) is 6.07 Å². The number of phenols is 1. The minimum Gasteiger partial charge on any atom is -0.508 e. The van der Waals surface area contributed by atoms with Gasteiger partial charge >= 0.3 is 6.09 Å². The molecule has 3 rings (SSSR count). The van der Waals surface area contributed by atoms with Gasteiger partial charge in [-0.15, -0.1) is 0 Å². The van der Waals surface area contributed by atoms with E-state index >= 15 is 0 Å². The molecule has 16 heavy (non-hydrogen) atoms. The van der Waals surface area contributed by atoms with Crippen molar-refractivity contribution >= 4 is 11.8 Å². The van der Waals surface area contributed by atoms with Crippen molar-refractivity contribution in [2.45, 2.75) is 24.8 Å². The predicted octanol–water partition coefficient (Wildman–Crippen LogP) is 2.27. The molecule has 4 nitrogen and oxygen atoms in total. The molecule has 1 aromatic rings. The zero-order valence-electron chi connectivity index (χ0n) is 8.85. The van der Waals surface area contributed by atoms with E-state index in [0.29, 0.717) is 6.61 Å². The normalized spacial score (nSPS) is 22.0. The Morgan fingerprint density at radius 1 is 1.31 bits per heavy atom. The third-order valence-electron chi connectivity index (χ3n) is 3.36. The fourth-order valence-electron chi connectivity index (χ4n) is 2.33. The number of aromatic hydroxyl groups is 1. The SMILES string of the molecule is O=C1OCCC2(CC2)N1c1cccc(O)c1. The first-order chi connectivity index (χ1) is 7.71. The fraction of sp³-hybridized carbons (Fsp3) is 0.417.